The molecule has 0 aliphatic carbocycles. The van der Waals surface area contributed by atoms with Crippen LogP contribution in [0.2, 0.25) is 5.02 Å². The molecule has 2 atom stereocenters. The molecule has 4 rings (SSSR count). The molecule has 2 aromatic carbocycles. The number of aliphatic hydroxyl groups is 1. The molecule has 2 fully saturated rings. The van der Waals surface area contributed by atoms with Gasteiger partial charge in [0.1, 0.15) is 12.4 Å². The molecule has 2 saturated heterocycles. The molecule has 2 aromatic rings. The third-order valence-corrected chi connectivity index (χ3v) is 7.14. The zero-order valence-electron chi connectivity index (χ0n) is 23.3. The van der Waals surface area contributed by atoms with Gasteiger partial charge < -0.3 is 30.5 Å². The van der Waals surface area contributed by atoms with Gasteiger partial charge in [0.15, 0.2) is 0 Å². The van der Waals surface area contributed by atoms with Crippen LogP contribution in [0.25, 0.3) is 0 Å². The first-order valence-corrected chi connectivity index (χ1v) is 13.9. The normalized spacial score (nSPS) is 19.6. The van der Waals surface area contributed by atoms with Crippen molar-refractivity contribution in [2.45, 2.75) is 57.1 Å². The van der Waals surface area contributed by atoms with E-state index in [4.69, 9.17) is 26.2 Å². The first-order valence-electron chi connectivity index (χ1n) is 13.5. The van der Waals surface area contributed by atoms with Gasteiger partial charge in [-0.05, 0) is 55.8 Å². The van der Waals surface area contributed by atoms with Crippen LogP contribution in [0.1, 0.15) is 25.3 Å². The van der Waals surface area contributed by atoms with Crippen LogP contribution in [-0.2, 0) is 16.1 Å². The number of likely N-dealkylation sites (tertiary alicyclic amines) is 1. The third-order valence-electron chi connectivity index (χ3n) is 6.88. The van der Waals surface area contributed by atoms with Crippen LogP contribution in [-0.4, -0.2) is 90.6 Å². The lowest BCUT2D eigenvalue weighted by Gasteiger charge is -2.34. The SMILES string of the molecule is CC(=O)Nc1ccc(OCC(F)F)cc1N1CC(NC2CCN(Cc3ccc(Cl)cc3)CC2)[C@H](O)C1.O=C(O)C(F)(F)F. The second kappa shape index (κ2) is 15.5. The molecule has 43 heavy (non-hydrogen) atoms. The van der Waals surface area contributed by atoms with Crippen molar-refractivity contribution in [3.05, 3.63) is 53.1 Å². The molecule has 238 valence electrons. The number of rotatable bonds is 9. The van der Waals surface area contributed by atoms with E-state index in [-0.39, 0.29) is 11.9 Å². The second-order valence-corrected chi connectivity index (χ2v) is 10.7. The summed E-state index contributed by atoms with van der Waals surface area (Å²) in [6.45, 7) is 4.40. The van der Waals surface area contributed by atoms with Crippen LogP contribution < -0.4 is 20.3 Å². The van der Waals surface area contributed by atoms with E-state index in [2.05, 4.69) is 27.7 Å². The molecular formula is C28H34ClF5N4O5. The fraction of sp³-hybridized carbons (Fsp3) is 0.500. The van der Waals surface area contributed by atoms with E-state index < -0.39 is 31.3 Å². The molecule has 0 bridgehead atoms. The summed E-state index contributed by atoms with van der Waals surface area (Å²) in [6, 6.07) is 12.9. The highest BCUT2D eigenvalue weighted by Crippen LogP contribution is 2.33. The number of carbonyl (C=O) groups excluding carboxylic acids is 1. The van der Waals surface area contributed by atoms with Gasteiger partial charge in [0.05, 0.1) is 23.5 Å². The van der Waals surface area contributed by atoms with Gasteiger partial charge in [-0.25, -0.2) is 13.6 Å². The number of piperidine rings is 1. The number of nitrogens with one attached hydrogen (secondary N) is 2. The average Bonchev–Trinajstić information content (AvgIpc) is 3.29. The summed E-state index contributed by atoms with van der Waals surface area (Å²) < 4.78 is 62.1. The van der Waals surface area contributed by atoms with Crippen LogP contribution >= 0.6 is 11.6 Å². The Morgan fingerprint density at radius 3 is 2.28 bits per heavy atom. The number of amides is 1. The fourth-order valence-corrected chi connectivity index (χ4v) is 5.00. The van der Waals surface area contributed by atoms with Crippen LogP contribution in [0.15, 0.2) is 42.5 Å². The molecule has 0 spiro atoms. The molecule has 9 nitrogen and oxygen atoms in total. The summed E-state index contributed by atoms with van der Waals surface area (Å²) in [5.74, 6) is -2.71. The van der Waals surface area contributed by atoms with E-state index in [0.717, 1.165) is 37.5 Å². The number of benzene rings is 2. The number of nitrogens with zero attached hydrogens (tertiary/aromatic N) is 2. The van der Waals surface area contributed by atoms with Crippen molar-refractivity contribution >= 4 is 34.9 Å². The maximum Gasteiger partial charge on any atom is 0.490 e. The Balaban J connectivity index is 0.000000646. The number of anilines is 2. The Kier molecular flexibility index (Phi) is 12.4. The van der Waals surface area contributed by atoms with E-state index in [0.29, 0.717) is 36.3 Å². The number of hydrogen-bond donors (Lipinski definition) is 4. The molecule has 0 radical (unpaired) electrons. The van der Waals surface area contributed by atoms with Crippen molar-refractivity contribution in [3.63, 3.8) is 0 Å². The monoisotopic (exact) mass is 636 g/mol. The highest BCUT2D eigenvalue weighted by Gasteiger charge is 2.38. The molecule has 4 N–H and O–H groups in total. The Hall–Kier alpha value is -3.20. The number of carboxylic acid groups (broad SMARTS) is 1. The number of β-amino-alcohol motifs (C(OH)–C–C–N with tert-alkyl or cyclic N) is 1. The van der Waals surface area contributed by atoms with Crippen molar-refractivity contribution < 1.29 is 46.5 Å². The summed E-state index contributed by atoms with van der Waals surface area (Å²) >= 11 is 5.98. The molecule has 1 unspecified atom stereocenters. The van der Waals surface area contributed by atoms with Gasteiger partial charge in [0.25, 0.3) is 6.43 Å². The van der Waals surface area contributed by atoms with Crippen molar-refractivity contribution in [3.8, 4) is 5.75 Å². The van der Waals surface area contributed by atoms with Crippen LogP contribution in [0.5, 0.6) is 5.75 Å². The largest absolute Gasteiger partial charge is 0.490 e. The Morgan fingerprint density at radius 1 is 1.09 bits per heavy atom. The zero-order chi connectivity index (χ0) is 31.7. The highest BCUT2D eigenvalue weighted by molar-refractivity contribution is 6.30. The van der Waals surface area contributed by atoms with Crippen LogP contribution in [0.3, 0.4) is 0 Å². The van der Waals surface area contributed by atoms with Gasteiger partial charge >= 0.3 is 12.1 Å². The predicted octanol–water partition coefficient (Wildman–Crippen LogP) is 4.38. The van der Waals surface area contributed by atoms with Gasteiger partial charge in [-0.15, -0.1) is 0 Å². The number of ether oxygens (including phenoxy) is 1. The van der Waals surface area contributed by atoms with E-state index in [1.807, 2.05) is 17.0 Å². The van der Waals surface area contributed by atoms with Crippen molar-refractivity contribution in [1.29, 1.82) is 0 Å². The number of aliphatic hydroxyl groups excluding tert-OH is 1. The lowest BCUT2D eigenvalue weighted by molar-refractivity contribution is -0.192. The molecule has 15 heteroatoms. The summed E-state index contributed by atoms with van der Waals surface area (Å²) in [6.07, 6.45) is -6.31. The number of alkyl halides is 5. The lowest BCUT2D eigenvalue weighted by Crippen LogP contribution is -2.49. The van der Waals surface area contributed by atoms with Gasteiger partial charge in [0, 0.05) is 43.7 Å². The van der Waals surface area contributed by atoms with Crippen LogP contribution in [0.4, 0.5) is 33.3 Å². The number of halogens is 6. The zero-order valence-corrected chi connectivity index (χ0v) is 24.0. The summed E-state index contributed by atoms with van der Waals surface area (Å²) in [5, 5.41) is 25.1. The van der Waals surface area contributed by atoms with E-state index >= 15 is 0 Å². The summed E-state index contributed by atoms with van der Waals surface area (Å²) in [4.78, 5) is 25.0. The summed E-state index contributed by atoms with van der Waals surface area (Å²) in [5.41, 5.74) is 2.43. The smallest absolute Gasteiger partial charge is 0.488 e. The van der Waals surface area contributed by atoms with Crippen molar-refractivity contribution in [2.24, 2.45) is 0 Å². The molecule has 0 saturated carbocycles. The van der Waals surface area contributed by atoms with E-state index in [1.165, 1.54) is 12.5 Å². The number of carbonyl (C=O) groups is 2. The third kappa shape index (κ3) is 11.1. The number of aliphatic carboxylic acids is 1. The van der Waals surface area contributed by atoms with Gasteiger partial charge in [-0.2, -0.15) is 13.2 Å². The van der Waals surface area contributed by atoms with Crippen LogP contribution in [0, 0.1) is 0 Å². The maximum atomic E-state index is 12.6. The van der Waals surface area contributed by atoms with Crippen molar-refractivity contribution in [2.75, 3.05) is 43.0 Å². The minimum atomic E-state index is -5.08. The van der Waals surface area contributed by atoms with E-state index in [9.17, 15) is 31.9 Å². The van der Waals surface area contributed by atoms with Gasteiger partial charge in [0.2, 0.25) is 5.91 Å². The Bertz CT molecular complexity index is 1210. The molecular weight excluding hydrogens is 603 g/mol. The second-order valence-electron chi connectivity index (χ2n) is 10.3. The standard InChI is InChI=1S/C26H33ClF2N4O3.C2HF3O2/c1-17(34)30-22-7-6-21(36-16-26(28)29)12-24(22)33-14-23(25(35)15-33)31-20-8-10-32(11-9-20)13-18-2-4-19(27)5-3-18;3-2(4,5)1(6)7/h2-7,12,20,23,25-26,31,35H,8-11,13-16H2,1H3,(H,30,34);(H,6,7)/t23?,25-;/m1./s1. The lowest BCUT2D eigenvalue weighted by atomic mass is 10.0. The van der Waals surface area contributed by atoms with Crippen molar-refractivity contribution in [1.82, 2.24) is 10.2 Å². The molecule has 2 aliphatic rings. The molecule has 1 amide bonds. The van der Waals surface area contributed by atoms with Gasteiger partial charge in [-0.3, -0.25) is 9.69 Å². The van der Waals surface area contributed by atoms with E-state index in [1.54, 1.807) is 18.2 Å². The Morgan fingerprint density at radius 2 is 1.72 bits per heavy atom. The maximum absolute atomic E-state index is 12.6. The molecule has 0 aromatic heterocycles. The summed E-state index contributed by atoms with van der Waals surface area (Å²) in [7, 11) is 0. The highest BCUT2D eigenvalue weighted by atomic mass is 35.5. The minimum absolute atomic E-state index is 0.145. The quantitative estimate of drug-likeness (QED) is 0.300. The fourth-order valence-electron chi connectivity index (χ4n) is 4.87. The average molecular weight is 637 g/mol. The molecule has 2 aliphatic heterocycles. The minimum Gasteiger partial charge on any atom is -0.488 e. The number of hydrogen-bond acceptors (Lipinski definition) is 7. The first kappa shape index (κ1) is 34.3. The first-order chi connectivity index (χ1) is 20.2. The topological polar surface area (TPSA) is 114 Å². The Labute approximate surface area is 250 Å². The number of carboxylic acids is 1. The van der Waals surface area contributed by atoms with Gasteiger partial charge in [-0.1, -0.05) is 23.7 Å². The molecule has 2 heterocycles. The predicted molar refractivity (Wildman–Crippen MR) is 151 cm³/mol.